The number of thioether (sulfide) groups is 1. The largest absolute Gasteiger partial charge is 0.465 e. The van der Waals surface area contributed by atoms with E-state index >= 15 is 0 Å². The first-order valence-corrected chi connectivity index (χ1v) is 16.6. The van der Waals surface area contributed by atoms with E-state index in [1.165, 1.54) is 27.7 Å². The summed E-state index contributed by atoms with van der Waals surface area (Å²) < 4.78 is 33.2. The maximum atomic E-state index is 11.6. The molecule has 2 aliphatic heterocycles. The van der Waals surface area contributed by atoms with Crippen molar-refractivity contribution in [1.82, 2.24) is 0 Å². The van der Waals surface area contributed by atoms with Gasteiger partial charge in [-0.2, -0.15) is 0 Å². The number of carbonyl (C=O) groups is 4. The molecule has 0 amide bonds. The molecule has 11 heteroatoms. The van der Waals surface area contributed by atoms with E-state index in [-0.39, 0.29) is 89.2 Å². The molecule has 1 aromatic carbocycles. The molecule has 1 aromatic rings. The minimum atomic E-state index is -0.329. The first-order valence-electron chi connectivity index (χ1n) is 15.7. The predicted octanol–water partition coefficient (Wildman–Crippen LogP) is 5.70. The van der Waals surface area contributed by atoms with Crippen molar-refractivity contribution >= 4 is 35.6 Å². The summed E-state index contributed by atoms with van der Waals surface area (Å²) in [5, 5.41) is 0. The van der Waals surface area contributed by atoms with Crippen molar-refractivity contribution in [2.75, 3.05) is 19.8 Å². The van der Waals surface area contributed by atoms with Crippen LogP contribution in [0.1, 0.15) is 69.2 Å². The van der Waals surface area contributed by atoms with Gasteiger partial charge in [0.1, 0.15) is 17.6 Å². The van der Waals surface area contributed by atoms with E-state index in [4.69, 9.17) is 28.4 Å². The van der Waals surface area contributed by atoms with E-state index < -0.39 is 0 Å². The summed E-state index contributed by atoms with van der Waals surface area (Å²) in [6.07, 6.45) is -0.590. The highest BCUT2D eigenvalue weighted by Crippen LogP contribution is 2.42. The molecule has 2 saturated heterocycles. The Labute approximate surface area is 272 Å². The Hall–Kier alpha value is -2.63. The molecule has 0 spiro atoms. The van der Waals surface area contributed by atoms with Crippen LogP contribution in [-0.4, -0.2) is 73.5 Å². The Morgan fingerprint density at radius 1 is 0.733 bits per heavy atom. The van der Waals surface area contributed by atoms with Gasteiger partial charge in [0.05, 0.1) is 32.0 Å². The molecule has 0 N–H and O–H groups in total. The zero-order valence-electron chi connectivity index (χ0n) is 28.3. The van der Waals surface area contributed by atoms with Gasteiger partial charge >= 0.3 is 23.9 Å². The molecular formula is C34H52O10S. The fourth-order valence-electron chi connectivity index (χ4n) is 5.81. The second-order valence-corrected chi connectivity index (χ2v) is 13.6. The van der Waals surface area contributed by atoms with Crippen molar-refractivity contribution in [3.8, 4) is 0 Å². The molecule has 0 aromatic heterocycles. The lowest BCUT2D eigenvalue weighted by molar-refractivity contribution is -0.186. The standard InChI is InChI=1S/C20H28O5S.C14H24O5/c1-12(11-23-15(4)21)18-13(2)14(3)19(24-16(5)22)20(25-18)26-17-9-7-6-8-10-17;1-8(6-17-11(4)15)14-10(3)9(2)13(7-18-14)19-12(5)16/h6-10,12-14,18-20H,11H2,1-5H3;8-10,13-14H,6-7H2,1-5H3/t12-,13+,14+,18?,19?,20?;8-,9+,10+,13?,14?/m11/s1. The van der Waals surface area contributed by atoms with Gasteiger partial charge in [0.25, 0.3) is 0 Å². The molecule has 2 fully saturated rings. The fraction of sp³-hybridized carbons (Fsp3) is 0.706. The van der Waals surface area contributed by atoms with E-state index in [2.05, 4.69) is 27.7 Å². The third kappa shape index (κ3) is 12.2. The number of esters is 4. The number of benzene rings is 1. The number of ether oxygens (including phenoxy) is 6. The van der Waals surface area contributed by atoms with Gasteiger partial charge in [-0.25, -0.2) is 0 Å². The topological polar surface area (TPSA) is 124 Å². The summed E-state index contributed by atoms with van der Waals surface area (Å²) in [5.41, 5.74) is -0.308. The highest BCUT2D eigenvalue weighted by molar-refractivity contribution is 7.99. The minimum absolute atomic E-state index is 0.0150. The monoisotopic (exact) mass is 652 g/mol. The van der Waals surface area contributed by atoms with Gasteiger partial charge in [0.15, 0.2) is 0 Å². The highest BCUT2D eigenvalue weighted by atomic mass is 32.2. The molecular weight excluding hydrogens is 600 g/mol. The lowest BCUT2D eigenvalue weighted by Gasteiger charge is -2.45. The van der Waals surface area contributed by atoms with Crippen LogP contribution in [0.4, 0.5) is 0 Å². The first-order chi connectivity index (χ1) is 21.1. The summed E-state index contributed by atoms with van der Waals surface area (Å²) in [6, 6.07) is 9.93. The molecule has 254 valence electrons. The molecule has 2 aliphatic rings. The molecule has 0 bridgehead atoms. The van der Waals surface area contributed by atoms with Crippen LogP contribution in [0.3, 0.4) is 0 Å². The van der Waals surface area contributed by atoms with Crippen LogP contribution in [-0.2, 0) is 47.6 Å². The quantitative estimate of drug-likeness (QED) is 0.229. The van der Waals surface area contributed by atoms with E-state index in [0.29, 0.717) is 19.8 Å². The van der Waals surface area contributed by atoms with Crippen molar-refractivity contribution in [2.24, 2.45) is 35.5 Å². The predicted molar refractivity (Wildman–Crippen MR) is 170 cm³/mol. The van der Waals surface area contributed by atoms with Gasteiger partial charge in [-0.1, -0.05) is 71.5 Å². The number of carbonyl (C=O) groups excluding carboxylic acids is 4. The van der Waals surface area contributed by atoms with Crippen molar-refractivity contribution < 1.29 is 47.6 Å². The lowest BCUT2D eigenvalue weighted by atomic mass is 9.79. The van der Waals surface area contributed by atoms with Gasteiger partial charge in [-0.05, 0) is 24.0 Å². The van der Waals surface area contributed by atoms with Gasteiger partial charge in [0, 0.05) is 56.3 Å². The molecule has 0 radical (unpaired) electrons. The van der Waals surface area contributed by atoms with Crippen molar-refractivity contribution in [2.45, 2.75) is 104 Å². The van der Waals surface area contributed by atoms with Crippen molar-refractivity contribution in [3.63, 3.8) is 0 Å². The Balaban J connectivity index is 0.000000330. The summed E-state index contributed by atoms with van der Waals surface area (Å²) >= 11 is 1.56. The minimum Gasteiger partial charge on any atom is -0.465 e. The number of hydrogen-bond acceptors (Lipinski definition) is 11. The molecule has 0 saturated carbocycles. The highest BCUT2D eigenvalue weighted by Gasteiger charge is 2.45. The van der Waals surface area contributed by atoms with Gasteiger partial charge in [-0.3, -0.25) is 19.2 Å². The normalized spacial score (nSPS) is 30.8. The SMILES string of the molecule is CC(=O)OC[C@@H](C)C1OC(Sc2ccccc2)C(OC(C)=O)[C@@H](C)[C@@H]1C.CC(=O)OC[C@@H](C)C1OCC(OC(C)=O)[C@@H](C)[C@@H]1C. The van der Waals surface area contributed by atoms with E-state index in [1.54, 1.807) is 11.8 Å². The lowest BCUT2D eigenvalue weighted by Crippen LogP contribution is -2.52. The zero-order valence-corrected chi connectivity index (χ0v) is 29.2. The van der Waals surface area contributed by atoms with Crippen molar-refractivity contribution in [1.29, 1.82) is 0 Å². The Morgan fingerprint density at radius 2 is 1.24 bits per heavy atom. The van der Waals surface area contributed by atoms with Gasteiger partial charge in [0.2, 0.25) is 0 Å². The van der Waals surface area contributed by atoms with Crippen LogP contribution in [0.15, 0.2) is 35.2 Å². The molecule has 5 unspecified atom stereocenters. The smallest absolute Gasteiger partial charge is 0.303 e. The third-order valence-electron chi connectivity index (χ3n) is 8.65. The molecule has 2 heterocycles. The summed E-state index contributed by atoms with van der Waals surface area (Å²) in [5.74, 6) is -0.223. The Kier molecular flexibility index (Phi) is 15.8. The van der Waals surface area contributed by atoms with E-state index in [1.807, 2.05) is 44.2 Å². The van der Waals surface area contributed by atoms with Crippen LogP contribution in [0.5, 0.6) is 0 Å². The molecule has 10 nitrogen and oxygen atoms in total. The third-order valence-corrected chi connectivity index (χ3v) is 9.80. The zero-order chi connectivity index (χ0) is 33.8. The maximum Gasteiger partial charge on any atom is 0.303 e. The average Bonchev–Trinajstić information content (AvgIpc) is 2.97. The average molecular weight is 653 g/mol. The summed E-state index contributed by atoms with van der Waals surface area (Å²) in [7, 11) is 0. The number of rotatable bonds is 10. The first kappa shape index (κ1) is 38.6. The van der Waals surface area contributed by atoms with Crippen LogP contribution in [0, 0.1) is 35.5 Å². The van der Waals surface area contributed by atoms with E-state index in [0.717, 1.165) is 4.90 Å². The fourth-order valence-corrected chi connectivity index (χ4v) is 7.01. The van der Waals surface area contributed by atoms with Crippen LogP contribution >= 0.6 is 11.8 Å². The molecule has 3 rings (SSSR count). The summed E-state index contributed by atoms with van der Waals surface area (Å²) in [6.45, 7) is 19.1. The molecule has 11 atom stereocenters. The van der Waals surface area contributed by atoms with Crippen LogP contribution in [0.25, 0.3) is 0 Å². The van der Waals surface area contributed by atoms with Crippen molar-refractivity contribution in [3.05, 3.63) is 30.3 Å². The van der Waals surface area contributed by atoms with Gasteiger partial charge < -0.3 is 28.4 Å². The summed E-state index contributed by atoms with van der Waals surface area (Å²) in [4.78, 5) is 45.7. The second kappa shape index (κ2) is 18.5. The van der Waals surface area contributed by atoms with Gasteiger partial charge in [-0.15, -0.1) is 0 Å². The van der Waals surface area contributed by atoms with Crippen LogP contribution < -0.4 is 0 Å². The van der Waals surface area contributed by atoms with E-state index in [9.17, 15) is 19.2 Å². The second-order valence-electron chi connectivity index (χ2n) is 12.4. The van der Waals surface area contributed by atoms with Crippen LogP contribution in [0.2, 0.25) is 0 Å². The Morgan fingerprint density at radius 3 is 1.76 bits per heavy atom. The number of hydrogen-bond donors (Lipinski definition) is 0. The Bertz CT molecular complexity index is 1100. The molecule has 0 aliphatic carbocycles. The maximum absolute atomic E-state index is 11.6. The molecule has 45 heavy (non-hydrogen) atoms.